The molecule has 0 fully saturated rings. The molecule has 0 aliphatic carbocycles. The summed E-state index contributed by atoms with van der Waals surface area (Å²) in [7, 11) is 3.87. The fourth-order valence-corrected chi connectivity index (χ4v) is 3.82. The summed E-state index contributed by atoms with van der Waals surface area (Å²) in [5.74, 6) is -0.0329. The number of rotatable bonds is 4. The molecule has 2 heterocycles. The van der Waals surface area contributed by atoms with Crippen LogP contribution in [0, 0.1) is 13.8 Å². The Morgan fingerprint density at radius 2 is 1.72 bits per heavy atom. The number of phenols is 1. The lowest BCUT2D eigenvalue weighted by Gasteiger charge is -2.26. The van der Waals surface area contributed by atoms with E-state index >= 15 is 0 Å². The normalized spacial score (nSPS) is 16.1. The zero-order valence-corrected chi connectivity index (χ0v) is 17.0. The summed E-state index contributed by atoms with van der Waals surface area (Å²) >= 11 is 0. The molecule has 0 bridgehead atoms. The fraction of sp³-hybridized carbons (Fsp3) is 0.304. The van der Waals surface area contributed by atoms with E-state index in [1.165, 1.54) is 0 Å². The van der Waals surface area contributed by atoms with Crippen LogP contribution in [0.4, 0.5) is 0 Å². The van der Waals surface area contributed by atoms with Gasteiger partial charge >= 0.3 is 0 Å². The molecular weight excluding hydrogens is 368 g/mol. The highest BCUT2D eigenvalue weighted by atomic mass is 16.3. The van der Waals surface area contributed by atoms with E-state index in [-0.39, 0.29) is 22.8 Å². The van der Waals surface area contributed by atoms with E-state index in [2.05, 4.69) is 0 Å². The van der Waals surface area contributed by atoms with E-state index in [0.717, 1.165) is 16.7 Å². The lowest BCUT2D eigenvalue weighted by atomic mass is 9.97. The Labute approximate surface area is 169 Å². The monoisotopic (exact) mass is 392 g/mol. The van der Waals surface area contributed by atoms with Crippen molar-refractivity contribution in [2.45, 2.75) is 19.9 Å². The number of benzene rings is 2. The second-order valence-electron chi connectivity index (χ2n) is 7.90. The van der Waals surface area contributed by atoms with Crippen LogP contribution in [-0.4, -0.2) is 48.0 Å². The van der Waals surface area contributed by atoms with Gasteiger partial charge in [-0.3, -0.25) is 9.59 Å². The zero-order valence-electron chi connectivity index (χ0n) is 17.0. The predicted octanol–water partition coefficient (Wildman–Crippen LogP) is 3.22. The molecule has 1 amide bonds. The highest BCUT2D eigenvalue weighted by Crippen LogP contribution is 2.38. The number of likely N-dealkylation sites (N-methyl/N-ethyl adjacent to an activating group) is 1. The third kappa shape index (κ3) is 3.19. The van der Waals surface area contributed by atoms with Gasteiger partial charge in [0.2, 0.25) is 5.76 Å². The van der Waals surface area contributed by atoms with E-state index in [4.69, 9.17) is 4.42 Å². The van der Waals surface area contributed by atoms with Crippen molar-refractivity contribution in [2.75, 3.05) is 27.2 Å². The first-order valence-corrected chi connectivity index (χ1v) is 9.60. The van der Waals surface area contributed by atoms with Crippen molar-refractivity contribution in [1.82, 2.24) is 9.80 Å². The summed E-state index contributed by atoms with van der Waals surface area (Å²) in [6.45, 7) is 5.01. The third-order valence-corrected chi connectivity index (χ3v) is 5.58. The van der Waals surface area contributed by atoms with Crippen molar-refractivity contribution in [3.8, 4) is 5.75 Å². The summed E-state index contributed by atoms with van der Waals surface area (Å²) in [6, 6.07) is 9.73. The van der Waals surface area contributed by atoms with Gasteiger partial charge < -0.3 is 19.3 Å². The SMILES string of the molecule is Cc1cc2oc3c(c(=O)c2cc1C)C(c1ccc(O)cc1)N(CCN(C)C)C3=O. The molecule has 0 radical (unpaired) electrons. The van der Waals surface area contributed by atoms with E-state index in [0.29, 0.717) is 29.6 Å². The number of phenolic OH excluding ortho intramolecular Hbond substituents is 1. The van der Waals surface area contributed by atoms with Gasteiger partial charge in [-0.25, -0.2) is 0 Å². The summed E-state index contributed by atoms with van der Waals surface area (Å²) < 4.78 is 5.99. The molecule has 0 saturated carbocycles. The molecule has 1 atom stereocenters. The highest BCUT2D eigenvalue weighted by Gasteiger charge is 2.42. The predicted molar refractivity (Wildman–Crippen MR) is 111 cm³/mol. The average molecular weight is 392 g/mol. The van der Waals surface area contributed by atoms with Crippen LogP contribution in [0.3, 0.4) is 0 Å². The van der Waals surface area contributed by atoms with Crippen molar-refractivity contribution in [3.05, 3.63) is 74.6 Å². The number of hydrogen-bond donors (Lipinski definition) is 1. The van der Waals surface area contributed by atoms with Crippen LogP contribution in [0.15, 0.2) is 45.6 Å². The van der Waals surface area contributed by atoms with Crippen LogP contribution in [0.1, 0.15) is 38.9 Å². The Morgan fingerprint density at radius 3 is 2.38 bits per heavy atom. The van der Waals surface area contributed by atoms with Crippen molar-refractivity contribution >= 4 is 16.9 Å². The molecule has 1 aliphatic heterocycles. The quantitative estimate of drug-likeness (QED) is 0.738. The first kappa shape index (κ1) is 19.2. The second kappa shape index (κ2) is 7.04. The first-order chi connectivity index (χ1) is 13.8. The Balaban J connectivity index is 1.96. The van der Waals surface area contributed by atoms with Crippen LogP contribution in [0.2, 0.25) is 0 Å². The summed E-state index contributed by atoms with van der Waals surface area (Å²) in [5.41, 5.74) is 3.40. The van der Waals surface area contributed by atoms with Crippen molar-refractivity contribution in [2.24, 2.45) is 0 Å². The summed E-state index contributed by atoms with van der Waals surface area (Å²) in [4.78, 5) is 30.4. The van der Waals surface area contributed by atoms with Gasteiger partial charge in [-0.2, -0.15) is 0 Å². The van der Waals surface area contributed by atoms with Gasteiger partial charge in [-0.1, -0.05) is 12.1 Å². The highest BCUT2D eigenvalue weighted by molar-refractivity contribution is 5.99. The van der Waals surface area contributed by atoms with Crippen LogP contribution < -0.4 is 5.43 Å². The molecule has 0 saturated heterocycles. The minimum absolute atomic E-state index is 0.114. The van der Waals surface area contributed by atoms with Crippen molar-refractivity contribution < 1.29 is 14.3 Å². The molecule has 4 rings (SSSR count). The van der Waals surface area contributed by atoms with Crippen LogP contribution >= 0.6 is 0 Å². The van der Waals surface area contributed by atoms with Gasteiger partial charge in [0.15, 0.2) is 5.43 Å². The number of aryl methyl sites for hydroxylation is 2. The van der Waals surface area contributed by atoms with E-state index in [1.807, 2.05) is 45.0 Å². The molecule has 29 heavy (non-hydrogen) atoms. The maximum Gasteiger partial charge on any atom is 0.290 e. The topological polar surface area (TPSA) is 74.0 Å². The zero-order chi connectivity index (χ0) is 20.9. The number of carbonyl (C=O) groups excluding carboxylic acids is 1. The Bertz CT molecular complexity index is 1160. The molecule has 6 nitrogen and oxygen atoms in total. The van der Waals surface area contributed by atoms with Crippen molar-refractivity contribution in [1.29, 1.82) is 0 Å². The number of amides is 1. The Kier molecular flexibility index (Phi) is 4.67. The minimum Gasteiger partial charge on any atom is -0.508 e. The molecule has 6 heteroatoms. The standard InChI is InChI=1S/C23H24N2O4/c1-13-11-17-18(12-14(13)2)29-22-19(21(17)27)20(15-5-7-16(26)8-6-15)25(23(22)28)10-9-24(3)4/h5-8,11-12,20,26H,9-10H2,1-4H3. The Morgan fingerprint density at radius 1 is 1.07 bits per heavy atom. The minimum atomic E-state index is -0.541. The number of aromatic hydroxyl groups is 1. The summed E-state index contributed by atoms with van der Waals surface area (Å²) in [6.07, 6.45) is 0. The van der Waals surface area contributed by atoms with Gasteiger partial charge in [0, 0.05) is 13.1 Å². The molecule has 150 valence electrons. The van der Waals surface area contributed by atoms with Crippen LogP contribution in [-0.2, 0) is 0 Å². The first-order valence-electron chi connectivity index (χ1n) is 9.60. The molecular formula is C23H24N2O4. The van der Waals surface area contributed by atoms with E-state index < -0.39 is 6.04 Å². The maximum atomic E-state index is 13.5. The van der Waals surface area contributed by atoms with Crippen molar-refractivity contribution in [3.63, 3.8) is 0 Å². The molecule has 1 aromatic heterocycles. The number of fused-ring (bicyclic) bond motifs is 2. The van der Waals surface area contributed by atoms with Gasteiger partial charge in [-0.05, 0) is 68.9 Å². The van der Waals surface area contributed by atoms with Gasteiger partial charge in [0.25, 0.3) is 5.91 Å². The fourth-order valence-electron chi connectivity index (χ4n) is 3.82. The van der Waals surface area contributed by atoms with Gasteiger partial charge in [-0.15, -0.1) is 0 Å². The Hall–Kier alpha value is -3.12. The van der Waals surface area contributed by atoms with Gasteiger partial charge in [0.05, 0.1) is 17.0 Å². The molecule has 1 N–H and O–H groups in total. The average Bonchev–Trinajstić information content (AvgIpc) is 2.95. The van der Waals surface area contributed by atoms with E-state index in [9.17, 15) is 14.7 Å². The second-order valence-corrected chi connectivity index (χ2v) is 7.90. The van der Waals surface area contributed by atoms with Gasteiger partial charge in [0.1, 0.15) is 11.3 Å². The molecule has 1 unspecified atom stereocenters. The molecule has 3 aromatic rings. The van der Waals surface area contributed by atoms with Crippen LogP contribution in [0.5, 0.6) is 5.75 Å². The smallest absolute Gasteiger partial charge is 0.290 e. The third-order valence-electron chi connectivity index (χ3n) is 5.58. The lowest BCUT2D eigenvalue weighted by Crippen LogP contribution is -2.35. The molecule has 0 spiro atoms. The molecule has 1 aliphatic rings. The van der Waals surface area contributed by atoms with E-state index in [1.54, 1.807) is 29.2 Å². The van der Waals surface area contributed by atoms with Crippen LogP contribution in [0.25, 0.3) is 11.0 Å². The number of nitrogens with zero attached hydrogens (tertiary/aromatic N) is 2. The molecule has 2 aromatic carbocycles. The maximum absolute atomic E-state index is 13.5. The number of carbonyl (C=O) groups is 1. The lowest BCUT2D eigenvalue weighted by molar-refractivity contribution is 0.0716. The summed E-state index contributed by atoms with van der Waals surface area (Å²) in [5, 5.41) is 10.2. The number of hydrogen-bond acceptors (Lipinski definition) is 5. The largest absolute Gasteiger partial charge is 0.508 e.